The van der Waals surface area contributed by atoms with Crippen molar-refractivity contribution in [2.75, 3.05) is 0 Å². The number of carboxylic acids is 1. The number of aryl methyl sites for hydroxylation is 1. The van der Waals surface area contributed by atoms with Gasteiger partial charge < -0.3 is 10.1 Å². The molecule has 2 rings (SSSR count). The number of fused-ring (bicyclic) bond motifs is 1. The van der Waals surface area contributed by atoms with E-state index in [0.29, 0.717) is 11.4 Å². The largest absolute Gasteiger partial charge is 0.481 e. The number of carbonyl (C=O) groups is 1. The number of carboxylic acid groups (broad SMARTS) is 1. The lowest BCUT2D eigenvalue weighted by molar-refractivity contribution is -0.137. The van der Waals surface area contributed by atoms with Gasteiger partial charge in [0.25, 0.3) is 0 Å². The average molecular weight is 238 g/mol. The maximum Gasteiger partial charge on any atom is 0.303 e. The van der Waals surface area contributed by atoms with E-state index in [1.165, 1.54) is 0 Å². The van der Waals surface area contributed by atoms with Crippen LogP contribution in [0.2, 0.25) is 5.02 Å². The highest BCUT2D eigenvalue weighted by Gasteiger charge is 2.03. The number of rotatable bonds is 4. The van der Waals surface area contributed by atoms with Gasteiger partial charge in [0.1, 0.15) is 0 Å². The maximum atomic E-state index is 10.4. The number of nitrogens with one attached hydrogen (secondary N) is 1. The molecule has 0 aliphatic rings. The van der Waals surface area contributed by atoms with Gasteiger partial charge in [-0.3, -0.25) is 4.79 Å². The molecule has 0 aliphatic carbocycles. The summed E-state index contributed by atoms with van der Waals surface area (Å²) in [6, 6.07) is 5.98. The predicted molar refractivity (Wildman–Crippen MR) is 63.9 cm³/mol. The van der Waals surface area contributed by atoms with Gasteiger partial charge in [-0.2, -0.15) is 0 Å². The number of aliphatic carboxylic acids is 1. The molecule has 3 nitrogen and oxygen atoms in total. The van der Waals surface area contributed by atoms with E-state index in [4.69, 9.17) is 16.7 Å². The third kappa shape index (κ3) is 2.36. The van der Waals surface area contributed by atoms with Crippen molar-refractivity contribution in [1.29, 1.82) is 0 Å². The Bertz CT molecular complexity index is 519. The highest BCUT2D eigenvalue weighted by atomic mass is 35.5. The van der Waals surface area contributed by atoms with Crippen LogP contribution in [0.3, 0.4) is 0 Å². The van der Waals surface area contributed by atoms with Crippen molar-refractivity contribution in [2.24, 2.45) is 0 Å². The van der Waals surface area contributed by atoms with Crippen molar-refractivity contribution >= 4 is 28.5 Å². The number of halogens is 1. The molecule has 16 heavy (non-hydrogen) atoms. The average Bonchev–Trinajstić information content (AvgIpc) is 2.60. The van der Waals surface area contributed by atoms with Crippen molar-refractivity contribution in [2.45, 2.75) is 19.3 Å². The number of aromatic nitrogens is 1. The Kier molecular flexibility index (Phi) is 3.15. The number of hydrogen-bond donors (Lipinski definition) is 2. The van der Waals surface area contributed by atoms with Crippen LogP contribution in [0.25, 0.3) is 10.9 Å². The molecule has 0 saturated carbocycles. The van der Waals surface area contributed by atoms with E-state index in [9.17, 15) is 4.79 Å². The molecule has 0 saturated heterocycles. The molecule has 2 N–H and O–H groups in total. The Morgan fingerprint density at radius 1 is 1.44 bits per heavy atom. The smallest absolute Gasteiger partial charge is 0.303 e. The summed E-state index contributed by atoms with van der Waals surface area (Å²) in [7, 11) is 0. The summed E-state index contributed by atoms with van der Waals surface area (Å²) in [5, 5.41) is 10.2. The van der Waals surface area contributed by atoms with Crippen molar-refractivity contribution in [3.05, 3.63) is 35.0 Å². The van der Waals surface area contributed by atoms with Gasteiger partial charge in [-0.15, -0.1) is 0 Å². The van der Waals surface area contributed by atoms with Gasteiger partial charge in [-0.25, -0.2) is 0 Å². The van der Waals surface area contributed by atoms with Gasteiger partial charge in [0.2, 0.25) is 0 Å². The molecule has 1 aromatic heterocycles. The van der Waals surface area contributed by atoms with Crippen LogP contribution in [0, 0.1) is 0 Å². The first-order chi connectivity index (χ1) is 7.66. The van der Waals surface area contributed by atoms with E-state index in [0.717, 1.165) is 22.9 Å². The second kappa shape index (κ2) is 4.58. The molecule has 84 valence electrons. The van der Waals surface area contributed by atoms with E-state index in [-0.39, 0.29) is 6.42 Å². The third-order valence-corrected chi connectivity index (χ3v) is 2.86. The van der Waals surface area contributed by atoms with Crippen LogP contribution in [-0.2, 0) is 11.2 Å². The lowest BCUT2D eigenvalue weighted by atomic mass is 10.1. The lowest BCUT2D eigenvalue weighted by Gasteiger charge is -2.00. The van der Waals surface area contributed by atoms with Crippen LogP contribution < -0.4 is 0 Å². The summed E-state index contributed by atoms with van der Waals surface area (Å²) in [6.45, 7) is 0. The standard InChI is InChI=1S/C12H12ClNO2/c13-10-7-14-11-5-4-8(6-9(10)11)2-1-3-12(15)16/h4-7,14H,1-3H2,(H,15,16). The summed E-state index contributed by atoms with van der Waals surface area (Å²) in [5.41, 5.74) is 2.13. The molecule has 1 aromatic carbocycles. The number of benzene rings is 1. The number of H-pyrrole nitrogens is 1. The van der Waals surface area contributed by atoms with Crippen molar-refractivity contribution in [1.82, 2.24) is 4.98 Å². The summed E-state index contributed by atoms with van der Waals surface area (Å²) >= 11 is 6.00. The fourth-order valence-electron chi connectivity index (χ4n) is 1.73. The number of hydrogen-bond acceptors (Lipinski definition) is 1. The molecule has 0 unspecified atom stereocenters. The van der Waals surface area contributed by atoms with Gasteiger partial charge >= 0.3 is 5.97 Å². The van der Waals surface area contributed by atoms with Gasteiger partial charge in [-0.1, -0.05) is 17.7 Å². The predicted octanol–water partition coefficient (Wildman–Crippen LogP) is 3.23. The molecule has 0 atom stereocenters. The summed E-state index contributed by atoms with van der Waals surface area (Å²) in [6.07, 6.45) is 3.39. The zero-order valence-electron chi connectivity index (χ0n) is 8.66. The van der Waals surface area contributed by atoms with Crippen molar-refractivity contribution in [3.63, 3.8) is 0 Å². The normalized spacial score (nSPS) is 10.8. The summed E-state index contributed by atoms with van der Waals surface area (Å²) in [5.74, 6) is -0.749. The molecule has 0 bridgehead atoms. The molecular formula is C12H12ClNO2. The van der Waals surface area contributed by atoms with Crippen LogP contribution in [0.1, 0.15) is 18.4 Å². The molecule has 0 fully saturated rings. The zero-order chi connectivity index (χ0) is 11.5. The van der Waals surface area contributed by atoms with Crippen LogP contribution in [0.4, 0.5) is 0 Å². The first-order valence-electron chi connectivity index (χ1n) is 5.14. The summed E-state index contributed by atoms with van der Waals surface area (Å²) < 4.78 is 0. The molecule has 1 heterocycles. The Balaban J connectivity index is 2.12. The lowest BCUT2D eigenvalue weighted by Crippen LogP contribution is -1.95. The van der Waals surface area contributed by atoms with Crippen LogP contribution in [-0.4, -0.2) is 16.1 Å². The Morgan fingerprint density at radius 2 is 2.25 bits per heavy atom. The van der Waals surface area contributed by atoms with E-state index < -0.39 is 5.97 Å². The molecule has 2 aromatic rings. The van der Waals surface area contributed by atoms with Gasteiger partial charge in [0.15, 0.2) is 0 Å². The van der Waals surface area contributed by atoms with Gasteiger partial charge in [0, 0.05) is 23.5 Å². The van der Waals surface area contributed by atoms with E-state index in [1.54, 1.807) is 6.20 Å². The van der Waals surface area contributed by atoms with Crippen LogP contribution >= 0.6 is 11.6 Å². The van der Waals surface area contributed by atoms with Gasteiger partial charge in [-0.05, 0) is 30.5 Å². The second-order valence-corrected chi connectivity index (χ2v) is 4.17. The van der Waals surface area contributed by atoms with E-state index >= 15 is 0 Å². The Morgan fingerprint density at radius 3 is 3.00 bits per heavy atom. The van der Waals surface area contributed by atoms with Gasteiger partial charge in [0.05, 0.1) is 5.02 Å². The van der Waals surface area contributed by atoms with Crippen LogP contribution in [0.15, 0.2) is 24.4 Å². The monoisotopic (exact) mass is 237 g/mol. The highest BCUT2D eigenvalue weighted by molar-refractivity contribution is 6.35. The topological polar surface area (TPSA) is 53.1 Å². The minimum Gasteiger partial charge on any atom is -0.481 e. The van der Waals surface area contributed by atoms with Crippen molar-refractivity contribution in [3.8, 4) is 0 Å². The molecule has 0 amide bonds. The highest BCUT2D eigenvalue weighted by Crippen LogP contribution is 2.24. The summed E-state index contributed by atoms with van der Waals surface area (Å²) in [4.78, 5) is 13.5. The Hall–Kier alpha value is -1.48. The van der Waals surface area contributed by atoms with E-state index in [2.05, 4.69) is 4.98 Å². The number of aromatic amines is 1. The fraction of sp³-hybridized carbons (Fsp3) is 0.250. The Labute approximate surface area is 98.0 Å². The second-order valence-electron chi connectivity index (χ2n) is 3.76. The zero-order valence-corrected chi connectivity index (χ0v) is 9.42. The van der Waals surface area contributed by atoms with E-state index in [1.807, 2.05) is 18.2 Å². The minimum atomic E-state index is -0.749. The molecular weight excluding hydrogens is 226 g/mol. The first kappa shape index (κ1) is 11.0. The quantitative estimate of drug-likeness (QED) is 0.858. The molecule has 0 spiro atoms. The fourth-order valence-corrected chi connectivity index (χ4v) is 1.94. The molecule has 0 aliphatic heterocycles. The van der Waals surface area contributed by atoms with Crippen LogP contribution in [0.5, 0.6) is 0 Å². The van der Waals surface area contributed by atoms with Crippen molar-refractivity contribution < 1.29 is 9.90 Å². The minimum absolute atomic E-state index is 0.207. The maximum absolute atomic E-state index is 10.4. The molecule has 0 radical (unpaired) electrons. The SMILES string of the molecule is O=C(O)CCCc1ccc2[nH]cc(Cl)c2c1. The third-order valence-electron chi connectivity index (χ3n) is 2.55. The molecule has 4 heteroatoms. The first-order valence-corrected chi connectivity index (χ1v) is 5.52.